The molecule has 0 amide bonds. The summed E-state index contributed by atoms with van der Waals surface area (Å²) in [6, 6.07) is 4.11. The van der Waals surface area contributed by atoms with E-state index in [-0.39, 0.29) is 13.0 Å². The van der Waals surface area contributed by atoms with Gasteiger partial charge in [-0.3, -0.25) is 4.79 Å². The summed E-state index contributed by atoms with van der Waals surface area (Å²) in [5.41, 5.74) is 9.16. The highest BCUT2D eigenvalue weighted by Gasteiger charge is 2.05. The number of nitrogens with zero attached hydrogens (tertiary/aromatic N) is 3. The summed E-state index contributed by atoms with van der Waals surface area (Å²) < 4.78 is 17.6. The number of azide groups is 1. The molecule has 0 aliphatic rings. The van der Waals surface area contributed by atoms with E-state index < -0.39 is 11.8 Å². The van der Waals surface area contributed by atoms with Crippen molar-refractivity contribution in [2.24, 2.45) is 5.11 Å². The quantitative estimate of drug-likeness (QED) is 0.340. The summed E-state index contributed by atoms with van der Waals surface area (Å²) in [4.78, 5) is 13.6. The zero-order valence-corrected chi connectivity index (χ0v) is 8.68. The first-order valence-electron chi connectivity index (χ1n) is 4.51. The number of halogens is 1. The Kier molecular flexibility index (Phi) is 4.29. The molecule has 0 fully saturated rings. The molecule has 0 N–H and O–H groups in total. The van der Waals surface area contributed by atoms with Gasteiger partial charge in [0.25, 0.3) is 0 Å². The molecule has 0 unspecified atom stereocenters. The van der Waals surface area contributed by atoms with Gasteiger partial charge in [-0.25, -0.2) is 4.39 Å². The fraction of sp³-hybridized carbons (Fsp3) is 0.300. The first kappa shape index (κ1) is 12.0. The van der Waals surface area contributed by atoms with Gasteiger partial charge in [-0.05, 0) is 28.8 Å². The number of rotatable bonds is 4. The van der Waals surface area contributed by atoms with Crippen molar-refractivity contribution in [3.8, 4) is 0 Å². The van der Waals surface area contributed by atoms with E-state index in [0.717, 1.165) is 0 Å². The number of esters is 1. The fourth-order valence-electron chi connectivity index (χ4n) is 1.26. The summed E-state index contributed by atoms with van der Waals surface area (Å²) in [5, 5.41) is 3.32. The van der Waals surface area contributed by atoms with Crippen molar-refractivity contribution >= 4 is 5.97 Å². The van der Waals surface area contributed by atoms with E-state index >= 15 is 0 Å². The van der Waals surface area contributed by atoms with Crippen LogP contribution in [0.5, 0.6) is 0 Å². The summed E-state index contributed by atoms with van der Waals surface area (Å²) in [7, 11) is 1.27. The molecule has 16 heavy (non-hydrogen) atoms. The van der Waals surface area contributed by atoms with Crippen molar-refractivity contribution in [1.82, 2.24) is 0 Å². The number of hydrogen-bond acceptors (Lipinski definition) is 3. The predicted molar refractivity (Wildman–Crippen MR) is 55.0 cm³/mol. The molecular formula is C10H10FN3O2. The van der Waals surface area contributed by atoms with Crippen LogP contribution in [0.2, 0.25) is 0 Å². The van der Waals surface area contributed by atoms with Gasteiger partial charge in [-0.15, -0.1) is 0 Å². The van der Waals surface area contributed by atoms with Crippen molar-refractivity contribution in [3.63, 3.8) is 0 Å². The molecule has 0 aromatic heterocycles. The van der Waals surface area contributed by atoms with E-state index in [0.29, 0.717) is 11.1 Å². The molecule has 84 valence electrons. The van der Waals surface area contributed by atoms with Gasteiger partial charge in [0.1, 0.15) is 5.82 Å². The number of carbonyl (C=O) groups is 1. The molecule has 6 heteroatoms. The Morgan fingerprint density at radius 2 is 2.19 bits per heavy atom. The molecule has 1 rings (SSSR count). The van der Waals surface area contributed by atoms with Crippen LogP contribution in [0.15, 0.2) is 23.3 Å². The van der Waals surface area contributed by atoms with Gasteiger partial charge in [0.15, 0.2) is 0 Å². The van der Waals surface area contributed by atoms with E-state index in [1.807, 2.05) is 0 Å². The molecule has 0 atom stereocenters. The number of methoxy groups -OCH3 is 1. The van der Waals surface area contributed by atoms with Gasteiger partial charge in [0.2, 0.25) is 0 Å². The Morgan fingerprint density at radius 3 is 2.81 bits per heavy atom. The molecule has 0 aliphatic heterocycles. The van der Waals surface area contributed by atoms with Crippen LogP contribution >= 0.6 is 0 Å². The lowest BCUT2D eigenvalue weighted by Gasteiger charge is -2.03. The van der Waals surface area contributed by atoms with Crippen LogP contribution in [-0.4, -0.2) is 13.1 Å². The van der Waals surface area contributed by atoms with Crippen molar-refractivity contribution in [1.29, 1.82) is 0 Å². The van der Waals surface area contributed by atoms with Gasteiger partial charge in [-0.2, -0.15) is 0 Å². The lowest BCUT2D eigenvalue weighted by Crippen LogP contribution is -2.05. The van der Waals surface area contributed by atoms with Crippen LogP contribution < -0.4 is 0 Å². The Morgan fingerprint density at radius 1 is 1.50 bits per heavy atom. The Labute approximate surface area is 91.5 Å². The van der Waals surface area contributed by atoms with Crippen LogP contribution in [0.1, 0.15) is 11.1 Å². The monoisotopic (exact) mass is 223 g/mol. The third-order valence-corrected chi connectivity index (χ3v) is 1.91. The second kappa shape index (κ2) is 5.72. The largest absolute Gasteiger partial charge is 0.469 e. The molecule has 0 bridgehead atoms. The van der Waals surface area contributed by atoms with Crippen molar-refractivity contribution in [3.05, 3.63) is 45.6 Å². The summed E-state index contributed by atoms with van der Waals surface area (Å²) in [5.74, 6) is -0.912. The van der Waals surface area contributed by atoms with Gasteiger partial charge in [-0.1, -0.05) is 11.2 Å². The normalized spacial score (nSPS) is 9.38. The minimum Gasteiger partial charge on any atom is -0.469 e. The van der Waals surface area contributed by atoms with Gasteiger partial charge >= 0.3 is 5.97 Å². The Hall–Kier alpha value is -2.07. The number of ether oxygens (including phenoxy) is 1. The fourth-order valence-corrected chi connectivity index (χ4v) is 1.26. The molecule has 0 saturated heterocycles. The number of benzene rings is 1. The lowest BCUT2D eigenvalue weighted by atomic mass is 10.1. The van der Waals surface area contributed by atoms with E-state index in [1.54, 1.807) is 6.07 Å². The maximum atomic E-state index is 13.1. The lowest BCUT2D eigenvalue weighted by molar-refractivity contribution is -0.139. The summed E-state index contributed by atoms with van der Waals surface area (Å²) >= 11 is 0. The molecule has 1 aromatic rings. The molecule has 0 spiro atoms. The summed E-state index contributed by atoms with van der Waals surface area (Å²) in [6.45, 7) is 0.0580. The van der Waals surface area contributed by atoms with Crippen LogP contribution in [0, 0.1) is 5.82 Å². The van der Waals surface area contributed by atoms with Crippen molar-refractivity contribution < 1.29 is 13.9 Å². The van der Waals surface area contributed by atoms with Crippen LogP contribution in [0.4, 0.5) is 4.39 Å². The van der Waals surface area contributed by atoms with Crippen LogP contribution in [0.25, 0.3) is 10.4 Å². The van der Waals surface area contributed by atoms with E-state index in [9.17, 15) is 9.18 Å². The minimum atomic E-state index is -0.468. The first-order valence-corrected chi connectivity index (χ1v) is 4.51. The molecule has 5 nitrogen and oxygen atoms in total. The van der Waals surface area contributed by atoms with E-state index in [4.69, 9.17) is 5.53 Å². The van der Waals surface area contributed by atoms with Crippen LogP contribution in [0.3, 0.4) is 0 Å². The second-order valence-corrected chi connectivity index (χ2v) is 3.11. The molecule has 1 aromatic carbocycles. The maximum Gasteiger partial charge on any atom is 0.309 e. The molecule has 0 radical (unpaired) electrons. The van der Waals surface area contributed by atoms with Gasteiger partial charge in [0.05, 0.1) is 20.1 Å². The zero-order valence-electron chi connectivity index (χ0n) is 8.68. The standard InChI is InChI=1S/C10H10FN3O2/c1-16-10(15)5-7-2-8(6-13-14-12)4-9(11)3-7/h2-4H,5-6H2,1H3. The molecule has 0 saturated carbocycles. The Bertz CT molecular complexity index is 442. The maximum absolute atomic E-state index is 13.1. The molecule has 0 aliphatic carbocycles. The topological polar surface area (TPSA) is 75.1 Å². The number of carbonyl (C=O) groups excluding carboxylic acids is 1. The van der Waals surface area contributed by atoms with Crippen molar-refractivity contribution in [2.45, 2.75) is 13.0 Å². The van der Waals surface area contributed by atoms with Gasteiger partial charge < -0.3 is 4.74 Å². The van der Waals surface area contributed by atoms with E-state index in [2.05, 4.69) is 14.8 Å². The van der Waals surface area contributed by atoms with Crippen molar-refractivity contribution in [2.75, 3.05) is 7.11 Å². The average Bonchev–Trinajstić information content (AvgIpc) is 2.25. The van der Waals surface area contributed by atoms with E-state index in [1.165, 1.54) is 19.2 Å². The first-order chi connectivity index (χ1) is 7.65. The highest BCUT2D eigenvalue weighted by atomic mass is 19.1. The Balaban J connectivity index is 2.88. The highest BCUT2D eigenvalue weighted by molar-refractivity contribution is 5.72. The summed E-state index contributed by atoms with van der Waals surface area (Å²) in [6.07, 6.45) is -0.00245. The minimum absolute atomic E-state index is 0.00245. The third kappa shape index (κ3) is 3.59. The predicted octanol–water partition coefficient (Wildman–Crippen LogP) is 2.35. The number of hydrogen-bond donors (Lipinski definition) is 0. The van der Waals surface area contributed by atoms with Crippen LogP contribution in [-0.2, 0) is 22.5 Å². The smallest absolute Gasteiger partial charge is 0.309 e. The highest BCUT2D eigenvalue weighted by Crippen LogP contribution is 2.11. The van der Waals surface area contributed by atoms with Gasteiger partial charge in [0, 0.05) is 4.91 Å². The zero-order chi connectivity index (χ0) is 12.0. The average molecular weight is 223 g/mol. The molecule has 0 heterocycles. The SMILES string of the molecule is COC(=O)Cc1cc(F)cc(CN=[N+]=[N-])c1. The second-order valence-electron chi connectivity index (χ2n) is 3.11. The third-order valence-electron chi connectivity index (χ3n) is 1.91. The molecular weight excluding hydrogens is 213 g/mol.